The van der Waals surface area contributed by atoms with Gasteiger partial charge >= 0.3 is 0 Å². The van der Waals surface area contributed by atoms with Gasteiger partial charge in [-0.05, 0) is 24.3 Å². The molecule has 0 aliphatic heterocycles. The van der Waals surface area contributed by atoms with Gasteiger partial charge in [0.15, 0.2) is 0 Å². The molecule has 63 heavy (non-hydrogen) atoms. The molecule has 0 spiro atoms. The summed E-state index contributed by atoms with van der Waals surface area (Å²) in [5.41, 5.74) is 9.06. The molecule has 10 aromatic rings. The molecule has 312 valence electrons. The third-order valence-corrected chi connectivity index (χ3v) is 11.3. The number of hydrogen-bond donors (Lipinski definition) is 0. The second-order valence-corrected chi connectivity index (χ2v) is 15.1. The normalized spacial score (nSPS) is 11.7. The summed E-state index contributed by atoms with van der Waals surface area (Å²) < 4.78 is 25.4. The Morgan fingerprint density at radius 2 is 0.651 bits per heavy atom. The van der Waals surface area contributed by atoms with Gasteiger partial charge in [0, 0.05) is 35.3 Å². The van der Waals surface area contributed by atoms with Crippen molar-refractivity contribution in [1.29, 1.82) is 0 Å². The quantitative estimate of drug-likeness (QED) is 0.0895. The first-order valence-corrected chi connectivity index (χ1v) is 21.2. The van der Waals surface area contributed by atoms with Crippen molar-refractivity contribution in [2.24, 2.45) is 0 Å². The van der Waals surface area contributed by atoms with E-state index in [1.54, 1.807) is 9.13 Å². The van der Waals surface area contributed by atoms with Gasteiger partial charge < -0.3 is 23.3 Å². The van der Waals surface area contributed by atoms with E-state index in [0.717, 1.165) is 56.0 Å². The highest BCUT2D eigenvalue weighted by molar-refractivity contribution is 5.90. The minimum absolute atomic E-state index is 0.131. The Kier molecular flexibility index (Phi) is 11.3. The molecule has 0 radical (unpaired) electrons. The van der Waals surface area contributed by atoms with Gasteiger partial charge in [0.25, 0.3) is 11.1 Å². The van der Waals surface area contributed by atoms with Crippen LogP contribution >= 0.6 is 0 Å². The molecule has 0 bridgehead atoms. The Hall–Kier alpha value is -7.44. The third-order valence-electron chi connectivity index (χ3n) is 11.3. The molecule has 0 atom stereocenters. The largest absolute Gasteiger partial charge is 0.377 e. The molecule has 4 aromatic heterocycles. The fourth-order valence-electron chi connectivity index (χ4n) is 8.40. The summed E-state index contributed by atoms with van der Waals surface area (Å²) in [7, 11) is 0. The molecule has 10 rings (SSSR count). The number of hydrogen-bond acceptors (Lipinski definition) is 7. The first-order valence-electron chi connectivity index (χ1n) is 21.2. The molecular weight excluding hydrogens is 789 g/mol. The van der Waals surface area contributed by atoms with Crippen LogP contribution in [0.2, 0.25) is 0 Å². The van der Waals surface area contributed by atoms with Gasteiger partial charge in [-0.25, -0.2) is 9.97 Å². The van der Waals surface area contributed by atoms with E-state index in [0.29, 0.717) is 75.2 Å². The van der Waals surface area contributed by atoms with Gasteiger partial charge in [0.2, 0.25) is 0 Å². The van der Waals surface area contributed by atoms with Crippen LogP contribution in [-0.4, -0.2) is 67.5 Å². The minimum Gasteiger partial charge on any atom is -0.377 e. The Balaban J connectivity index is 0.784. The van der Waals surface area contributed by atoms with Crippen molar-refractivity contribution >= 4 is 33.1 Å². The molecule has 4 heterocycles. The molecule has 0 amide bonds. The molecule has 11 heteroatoms. The predicted molar refractivity (Wildman–Crippen MR) is 248 cm³/mol. The number of benzene rings is 6. The lowest BCUT2D eigenvalue weighted by atomic mass is 10.1. The van der Waals surface area contributed by atoms with Crippen molar-refractivity contribution < 1.29 is 14.2 Å². The Labute approximate surface area is 362 Å². The zero-order valence-electron chi connectivity index (χ0n) is 34.5. The number of para-hydroxylation sites is 4. The van der Waals surface area contributed by atoms with Crippen LogP contribution in [0.25, 0.3) is 78.4 Å². The van der Waals surface area contributed by atoms with Gasteiger partial charge in [-0.3, -0.25) is 18.4 Å². The molecule has 0 unspecified atom stereocenters. The maximum Gasteiger partial charge on any atom is 0.277 e. The van der Waals surface area contributed by atoms with E-state index < -0.39 is 0 Å². The molecule has 0 aliphatic carbocycles. The monoisotopic (exact) mass is 832 g/mol. The lowest BCUT2D eigenvalue weighted by Crippen LogP contribution is -2.26. The van der Waals surface area contributed by atoms with Crippen LogP contribution in [-0.2, 0) is 27.3 Å². The van der Waals surface area contributed by atoms with Crippen LogP contribution in [0.4, 0.5) is 0 Å². The number of rotatable bonds is 16. The highest BCUT2D eigenvalue weighted by Gasteiger charge is 2.23. The van der Waals surface area contributed by atoms with Gasteiger partial charge in [0.05, 0.1) is 61.7 Å². The fraction of sp³-hybridized carbons (Fsp3) is 0.154. The summed E-state index contributed by atoms with van der Waals surface area (Å²) in [6.45, 7) is 2.82. The van der Waals surface area contributed by atoms with Gasteiger partial charge in [-0.2, -0.15) is 0 Å². The minimum atomic E-state index is -0.131. The topological polar surface area (TPSA) is 106 Å². The summed E-state index contributed by atoms with van der Waals surface area (Å²) in [5, 5.41) is 0. The summed E-state index contributed by atoms with van der Waals surface area (Å²) in [6, 6.07) is 55.5. The first-order chi connectivity index (χ1) is 31.2. The van der Waals surface area contributed by atoms with Crippen molar-refractivity contribution in [3.05, 3.63) is 191 Å². The Bertz CT molecular complexity index is 3080. The van der Waals surface area contributed by atoms with Crippen LogP contribution in [0.5, 0.6) is 0 Å². The predicted octanol–water partition coefficient (Wildman–Crippen LogP) is 9.03. The van der Waals surface area contributed by atoms with Crippen molar-refractivity contribution in [2.75, 3.05) is 39.6 Å². The van der Waals surface area contributed by atoms with Crippen molar-refractivity contribution in [3.63, 3.8) is 0 Å². The highest BCUT2D eigenvalue weighted by Crippen LogP contribution is 2.33. The second kappa shape index (κ2) is 17.9. The summed E-state index contributed by atoms with van der Waals surface area (Å²) in [6.07, 6.45) is 0. The van der Waals surface area contributed by atoms with Crippen molar-refractivity contribution in [1.82, 2.24) is 27.9 Å². The Morgan fingerprint density at radius 3 is 1.02 bits per heavy atom. The zero-order chi connectivity index (χ0) is 42.5. The van der Waals surface area contributed by atoms with Gasteiger partial charge in [-0.1, -0.05) is 146 Å². The fourth-order valence-corrected chi connectivity index (χ4v) is 8.40. The number of fused-ring (bicyclic) bond motifs is 6. The summed E-state index contributed by atoms with van der Waals surface area (Å²) in [5.74, 6) is 1.44. The van der Waals surface area contributed by atoms with E-state index in [1.165, 1.54) is 0 Å². The van der Waals surface area contributed by atoms with E-state index in [9.17, 15) is 9.59 Å². The molecule has 0 N–H and O–H groups in total. The van der Waals surface area contributed by atoms with E-state index in [1.807, 2.05) is 179 Å². The second-order valence-electron chi connectivity index (χ2n) is 15.1. The zero-order valence-corrected chi connectivity index (χ0v) is 34.5. The standard InChI is InChI=1S/C52H44N6O5/c59-51-47-45(37-17-5-1-6-18-37)53-49(39-21-9-3-10-22-39)57(47)43-27-15-13-25-41(43)55(51)29-31-61-33-35-63-36-34-62-32-30-56-42-26-14-16-28-44(42)58-48(52(56)60)46(38-19-7-2-8-20-38)54-50(58)40-23-11-4-12-24-40/h1-28H,29-36H2. The van der Waals surface area contributed by atoms with E-state index in [-0.39, 0.29) is 11.1 Å². The first kappa shape index (κ1) is 39.7. The van der Waals surface area contributed by atoms with E-state index >= 15 is 0 Å². The van der Waals surface area contributed by atoms with Gasteiger partial charge in [0.1, 0.15) is 34.1 Å². The number of ether oxygens (including phenoxy) is 3. The molecule has 0 saturated heterocycles. The van der Waals surface area contributed by atoms with E-state index in [4.69, 9.17) is 24.2 Å². The number of imidazole rings is 2. The third kappa shape index (κ3) is 7.63. The summed E-state index contributed by atoms with van der Waals surface area (Å²) >= 11 is 0. The van der Waals surface area contributed by atoms with Gasteiger partial charge in [-0.15, -0.1) is 0 Å². The van der Waals surface area contributed by atoms with Crippen LogP contribution < -0.4 is 11.1 Å². The molecule has 11 nitrogen and oxygen atoms in total. The van der Waals surface area contributed by atoms with E-state index in [2.05, 4.69) is 0 Å². The molecular formula is C52H44N6O5. The number of aromatic nitrogens is 6. The van der Waals surface area contributed by atoms with Crippen LogP contribution in [0.1, 0.15) is 0 Å². The lowest BCUT2D eigenvalue weighted by molar-refractivity contribution is 0.0119. The lowest BCUT2D eigenvalue weighted by Gasteiger charge is -2.14. The van der Waals surface area contributed by atoms with Crippen LogP contribution in [0.15, 0.2) is 179 Å². The van der Waals surface area contributed by atoms with Crippen LogP contribution in [0, 0.1) is 0 Å². The Morgan fingerprint density at radius 1 is 0.349 bits per heavy atom. The van der Waals surface area contributed by atoms with Crippen molar-refractivity contribution in [2.45, 2.75) is 13.1 Å². The average molecular weight is 833 g/mol. The number of nitrogens with zero attached hydrogens (tertiary/aromatic N) is 6. The summed E-state index contributed by atoms with van der Waals surface area (Å²) in [4.78, 5) is 39.0. The SMILES string of the molecule is O=c1c2c(-c3ccccc3)nc(-c3ccccc3)n2c2ccccc2n1CCOCCOCCOCCn1c(=O)c2c(-c3ccccc3)nc(-c3ccccc3)n2c2ccccc21. The molecule has 6 aromatic carbocycles. The maximum absolute atomic E-state index is 14.4. The molecule has 0 aliphatic rings. The smallest absolute Gasteiger partial charge is 0.277 e. The average Bonchev–Trinajstić information content (AvgIpc) is 3.95. The van der Waals surface area contributed by atoms with Crippen molar-refractivity contribution in [3.8, 4) is 45.3 Å². The maximum atomic E-state index is 14.4. The molecule has 0 saturated carbocycles. The molecule has 0 fully saturated rings. The van der Waals surface area contributed by atoms with Crippen LogP contribution in [0.3, 0.4) is 0 Å². The highest BCUT2D eigenvalue weighted by atomic mass is 16.5.